The standard InChI is InChI=1S/C63H95NO6Si2/c1-11-12-13-14-15-16-17-18-19-20-21-22-35-47-58(65)69-59-56(60(66)70-61(2,3)4)45-36-46-57(59)64(48-50-67-71(62(5,6)7,52-37-27-23-28-38-52)53-39-29-24-30-40-53)49-51-68-72(63(8,9)10,54-41-31-25-32-42-54)55-43-33-26-34-44-55/h23-34,37-44,56-57,59H,11-22,35-36,45-51H2,1-10H3/t56-,57+,59+/m0/s1. The third kappa shape index (κ3) is 16.6. The van der Waals surface area contributed by atoms with Crippen LogP contribution >= 0.6 is 0 Å². The molecule has 72 heavy (non-hydrogen) atoms. The van der Waals surface area contributed by atoms with Crippen molar-refractivity contribution in [3.05, 3.63) is 121 Å². The lowest BCUT2D eigenvalue weighted by Gasteiger charge is -2.46. The van der Waals surface area contributed by atoms with E-state index in [1.54, 1.807) is 0 Å². The molecule has 0 heterocycles. The van der Waals surface area contributed by atoms with Gasteiger partial charge >= 0.3 is 11.9 Å². The van der Waals surface area contributed by atoms with Gasteiger partial charge in [0.1, 0.15) is 11.7 Å². The highest BCUT2D eigenvalue weighted by Gasteiger charge is 2.52. The predicted molar refractivity (Wildman–Crippen MR) is 306 cm³/mol. The lowest BCUT2D eigenvalue weighted by molar-refractivity contribution is -0.177. The lowest BCUT2D eigenvalue weighted by atomic mass is 9.81. The van der Waals surface area contributed by atoms with Gasteiger partial charge < -0.3 is 18.3 Å². The molecule has 9 heteroatoms. The zero-order valence-corrected chi connectivity index (χ0v) is 48.5. The molecule has 7 nitrogen and oxygen atoms in total. The van der Waals surface area contributed by atoms with Crippen LogP contribution in [-0.2, 0) is 27.9 Å². The maximum absolute atomic E-state index is 14.3. The van der Waals surface area contributed by atoms with Crippen LogP contribution in [0.4, 0.5) is 0 Å². The second-order valence-corrected chi connectivity index (χ2v) is 32.3. The number of unbranched alkanes of at least 4 members (excludes halogenated alkanes) is 12. The van der Waals surface area contributed by atoms with Crippen LogP contribution in [-0.4, -0.2) is 77.5 Å². The summed E-state index contributed by atoms with van der Waals surface area (Å²) in [6, 6.07) is 42.9. The van der Waals surface area contributed by atoms with Crippen molar-refractivity contribution in [2.24, 2.45) is 5.92 Å². The largest absolute Gasteiger partial charge is 0.460 e. The molecule has 5 rings (SSSR count). The first-order valence-corrected chi connectivity index (χ1v) is 31.9. The van der Waals surface area contributed by atoms with Crippen LogP contribution in [0.15, 0.2) is 121 Å². The molecular formula is C63H95NO6Si2. The van der Waals surface area contributed by atoms with Crippen LogP contribution in [0.25, 0.3) is 0 Å². The molecule has 1 saturated carbocycles. The van der Waals surface area contributed by atoms with Gasteiger partial charge in [-0.1, -0.05) is 253 Å². The van der Waals surface area contributed by atoms with E-state index < -0.39 is 34.3 Å². The summed E-state index contributed by atoms with van der Waals surface area (Å²) in [5, 5.41) is 4.51. The Morgan fingerprint density at radius 3 is 1.22 bits per heavy atom. The summed E-state index contributed by atoms with van der Waals surface area (Å²) in [5.74, 6) is -1.11. The fraction of sp³-hybridized carbons (Fsp3) is 0.587. The van der Waals surface area contributed by atoms with Gasteiger partial charge in [-0.25, -0.2) is 0 Å². The Bertz CT molecular complexity index is 1950. The minimum absolute atomic E-state index is 0.203. The molecule has 1 aliphatic rings. The van der Waals surface area contributed by atoms with Crippen molar-refractivity contribution < 1.29 is 27.9 Å². The van der Waals surface area contributed by atoms with Crippen LogP contribution in [0.3, 0.4) is 0 Å². The fourth-order valence-electron chi connectivity index (χ4n) is 11.4. The molecule has 0 unspecified atom stereocenters. The summed E-state index contributed by atoms with van der Waals surface area (Å²) in [6.07, 6.45) is 18.0. The zero-order chi connectivity index (χ0) is 52.1. The highest BCUT2D eigenvalue weighted by molar-refractivity contribution is 7.00. The zero-order valence-electron chi connectivity index (χ0n) is 46.5. The molecule has 0 aromatic heterocycles. The molecule has 4 aromatic rings. The van der Waals surface area contributed by atoms with Crippen LogP contribution in [0.5, 0.6) is 0 Å². The van der Waals surface area contributed by atoms with Gasteiger partial charge in [0.25, 0.3) is 16.6 Å². The molecule has 1 aliphatic carbocycles. The average Bonchev–Trinajstić information content (AvgIpc) is 3.35. The van der Waals surface area contributed by atoms with Crippen LogP contribution < -0.4 is 20.7 Å². The van der Waals surface area contributed by atoms with Crippen molar-refractivity contribution >= 4 is 49.3 Å². The van der Waals surface area contributed by atoms with E-state index in [1.165, 1.54) is 85.0 Å². The van der Waals surface area contributed by atoms with Gasteiger partial charge in [-0.2, -0.15) is 0 Å². The highest BCUT2D eigenvalue weighted by Crippen LogP contribution is 2.39. The molecule has 0 amide bonds. The first-order valence-electron chi connectivity index (χ1n) is 28.1. The third-order valence-electron chi connectivity index (χ3n) is 14.9. The Morgan fingerprint density at radius 1 is 0.514 bits per heavy atom. The molecule has 0 N–H and O–H groups in total. The van der Waals surface area contributed by atoms with Gasteiger partial charge in [0.2, 0.25) is 0 Å². The average molecular weight is 1020 g/mol. The van der Waals surface area contributed by atoms with Gasteiger partial charge in [0.05, 0.1) is 5.92 Å². The summed E-state index contributed by atoms with van der Waals surface area (Å²) in [7, 11) is -5.78. The number of esters is 2. The van der Waals surface area contributed by atoms with E-state index in [-0.39, 0.29) is 28.1 Å². The van der Waals surface area contributed by atoms with Gasteiger partial charge in [-0.05, 0) is 70.9 Å². The number of nitrogens with zero attached hydrogens (tertiary/aromatic N) is 1. The molecule has 0 aliphatic heterocycles. The number of carbonyl (C=O) groups excluding carboxylic acids is 2. The van der Waals surface area contributed by atoms with E-state index in [2.05, 4.69) is 175 Å². The topological polar surface area (TPSA) is 74.3 Å². The van der Waals surface area contributed by atoms with E-state index in [0.717, 1.165) is 32.1 Å². The summed E-state index contributed by atoms with van der Waals surface area (Å²) < 4.78 is 28.0. The Morgan fingerprint density at radius 2 is 0.875 bits per heavy atom. The van der Waals surface area contributed by atoms with Crippen molar-refractivity contribution in [2.45, 2.75) is 206 Å². The summed E-state index contributed by atoms with van der Waals surface area (Å²) in [5.41, 5.74) is -0.680. The minimum atomic E-state index is -2.89. The molecule has 3 atom stereocenters. The Hall–Kier alpha value is -3.87. The van der Waals surface area contributed by atoms with Crippen molar-refractivity contribution in [1.82, 2.24) is 4.90 Å². The molecule has 4 aromatic carbocycles. The van der Waals surface area contributed by atoms with Gasteiger partial charge in [-0.15, -0.1) is 0 Å². The summed E-state index contributed by atoms with van der Waals surface area (Å²) >= 11 is 0. The van der Waals surface area contributed by atoms with Crippen molar-refractivity contribution in [2.75, 3.05) is 26.3 Å². The lowest BCUT2D eigenvalue weighted by Crippen LogP contribution is -2.67. The predicted octanol–water partition coefficient (Wildman–Crippen LogP) is 13.3. The van der Waals surface area contributed by atoms with E-state index in [0.29, 0.717) is 39.1 Å². The van der Waals surface area contributed by atoms with Crippen LogP contribution in [0, 0.1) is 5.92 Å². The normalized spacial score (nSPS) is 17.0. The first kappa shape index (κ1) is 59.0. The molecular weight excluding hydrogens is 923 g/mol. The number of hydrogen-bond donors (Lipinski definition) is 0. The van der Waals surface area contributed by atoms with Crippen molar-refractivity contribution in [3.63, 3.8) is 0 Å². The highest BCUT2D eigenvalue weighted by atomic mass is 28.4. The quantitative estimate of drug-likeness (QED) is 0.0305. The number of ether oxygens (including phenoxy) is 2. The van der Waals surface area contributed by atoms with E-state index >= 15 is 0 Å². The monoisotopic (exact) mass is 1020 g/mol. The number of hydrogen-bond acceptors (Lipinski definition) is 7. The summed E-state index contributed by atoms with van der Waals surface area (Å²) in [4.78, 5) is 30.9. The van der Waals surface area contributed by atoms with Gasteiger partial charge in [0.15, 0.2) is 0 Å². The molecule has 0 saturated heterocycles. The van der Waals surface area contributed by atoms with Gasteiger partial charge in [-0.3, -0.25) is 14.5 Å². The van der Waals surface area contributed by atoms with Gasteiger partial charge in [0, 0.05) is 38.8 Å². The van der Waals surface area contributed by atoms with Crippen molar-refractivity contribution in [1.29, 1.82) is 0 Å². The second kappa shape index (κ2) is 28.7. The Balaban J connectivity index is 1.44. The maximum atomic E-state index is 14.3. The van der Waals surface area contributed by atoms with Crippen LogP contribution in [0.1, 0.15) is 178 Å². The Labute approximate surface area is 439 Å². The van der Waals surface area contributed by atoms with E-state index in [1.807, 2.05) is 20.8 Å². The first-order chi connectivity index (χ1) is 34.4. The van der Waals surface area contributed by atoms with E-state index in [4.69, 9.17) is 18.3 Å². The fourth-order valence-corrected chi connectivity index (χ4v) is 20.5. The Kier molecular flexibility index (Phi) is 23.5. The number of rotatable bonds is 29. The third-order valence-corrected chi connectivity index (χ3v) is 25.0. The molecule has 0 radical (unpaired) electrons. The minimum Gasteiger partial charge on any atom is -0.460 e. The second-order valence-electron chi connectivity index (χ2n) is 23.6. The molecule has 0 bridgehead atoms. The van der Waals surface area contributed by atoms with Crippen LogP contribution in [0.2, 0.25) is 10.1 Å². The number of carbonyl (C=O) groups is 2. The molecule has 396 valence electrons. The maximum Gasteiger partial charge on any atom is 0.313 e. The van der Waals surface area contributed by atoms with Crippen molar-refractivity contribution in [3.8, 4) is 0 Å². The summed E-state index contributed by atoms with van der Waals surface area (Å²) in [6.45, 7) is 23.9. The smallest absolute Gasteiger partial charge is 0.313 e. The molecule has 0 spiro atoms. The van der Waals surface area contributed by atoms with E-state index in [9.17, 15) is 9.59 Å². The molecule has 1 fully saturated rings. The number of benzene rings is 4. The SMILES string of the molecule is CCCCCCCCCCCCCCCC(=O)O[C@@H]1[C@@H](C(=O)OC(C)(C)C)CCC[C@H]1N(CCO[Si](c1ccccc1)(c1ccccc1)C(C)(C)C)CCO[Si](c1ccccc1)(c1ccccc1)C(C)(C)C.